The monoisotopic (exact) mass is 215 g/mol. The van der Waals surface area contributed by atoms with Crippen molar-refractivity contribution < 1.29 is 14.7 Å². The third kappa shape index (κ3) is 1.92. The SMILES string of the molecule is NC1NC(=O)C2NCN(CC(=O)O)C2N1. The second-order valence-corrected chi connectivity index (χ2v) is 3.58. The molecule has 15 heavy (non-hydrogen) atoms. The highest BCUT2D eigenvalue weighted by atomic mass is 16.4. The van der Waals surface area contributed by atoms with Gasteiger partial charge in [-0.3, -0.25) is 30.9 Å². The van der Waals surface area contributed by atoms with Gasteiger partial charge in [0.15, 0.2) is 0 Å². The van der Waals surface area contributed by atoms with Gasteiger partial charge in [-0.05, 0) is 0 Å². The van der Waals surface area contributed by atoms with Crippen molar-refractivity contribution in [3.63, 3.8) is 0 Å². The van der Waals surface area contributed by atoms with Crippen LogP contribution in [0, 0.1) is 0 Å². The van der Waals surface area contributed by atoms with Crippen molar-refractivity contribution in [2.45, 2.75) is 18.5 Å². The lowest BCUT2D eigenvalue weighted by Crippen LogP contribution is -2.70. The van der Waals surface area contributed by atoms with E-state index in [9.17, 15) is 9.59 Å². The number of carboxylic acids is 1. The van der Waals surface area contributed by atoms with E-state index in [-0.39, 0.29) is 18.6 Å². The molecule has 2 fully saturated rings. The Morgan fingerprint density at radius 3 is 3.07 bits per heavy atom. The van der Waals surface area contributed by atoms with E-state index in [0.29, 0.717) is 6.67 Å². The lowest BCUT2D eigenvalue weighted by Gasteiger charge is -2.34. The number of rotatable bonds is 2. The third-order valence-electron chi connectivity index (χ3n) is 2.49. The zero-order chi connectivity index (χ0) is 11.0. The Hall–Kier alpha value is -1.22. The Kier molecular flexibility index (Phi) is 2.57. The number of aliphatic carboxylic acids is 1. The van der Waals surface area contributed by atoms with Gasteiger partial charge >= 0.3 is 5.97 Å². The van der Waals surface area contributed by atoms with E-state index in [4.69, 9.17) is 10.8 Å². The van der Waals surface area contributed by atoms with Gasteiger partial charge in [0.25, 0.3) is 0 Å². The number of nitrogens with zero attached hydrogens (tertiary/aromatic N) is 1. The smallest absolute Gasteiger partial charge is 0.317 e. The third-order valence-corrected chi connectivity index (χ3v) is 2.49. The fourth-order valence-corrected chi connectivity index (χ4v) is 1.87. The largest absolute Gasteiger partial charge is 0.480 e. The number of nitrogens with one attached hydrogen (secondary N) is 3. The summed E-state index contributed by atoms with van der Waals surface area (Å²) in [4.78, 5) is 23.6. The average Bonchev–Trinajstić information content (AvgIpc) is 2.48. The van der Waals surface area contributed by atoms with Gasteiger partial charge < -0.3 is 10.4 Å². The average molecular weight is 215 g/mol. The van der Waals surface area contributed by atoms with E-state index in [1.54, 1.807) is 4.90 Å². The highest BCUT2D eigenvalue weighted by Crippen LogP contribution is 2.12. The van der Waals surface area contributed by atoms with Crippen molar-refractivity contribution in [1.29, 1.82) is 0 Å². The second kappa shape index (κ2) is 3.74. The zero-order valence-electron chi connectivity index (χ0n) is 7.93. The Bertz CT molecular complexity index is 296. The van der Waals surface area contributed by atoms with Crippen LogP contribution in [0.4, 0.5) is 0 Å². The molecule has 6 N–H and O–H groups in total. The van der Waals surface area contributed by atoms with Gasteiger partial charge in [-0.25, -0.2) is 0 Å². The van der Waals surface area contributed by atoms with Crippen LogP contribution in [0.5, 0.6) is 0 Å². The summed E-state index contributed by atoms with van der Waals surface area (Å²) in [5.74, 6) is -1.14. The maximum Gasteiger partial charge on any atom is 0.317 e. The molecule has 3 unspecified atom stereocenters. The number of carbonyl (C=O) groups is 2. The maximum atomic E-state index is 11.4. The van der Waals surface area contributed by atoms with Crippen molar-refractivity contribution in [1.82, 2.24) is 20.9 Å². The van der Waals surface area contributed by atoms with E-state index in [0.717, 1.165) is 0 Å². The van der Waals surface area contributed by atoms with E-state index >= 15 is 0 Å². The molecule has 0 saturated carbocycles. The van der Waals surface area contributed by atoms with Crippen LogP contribution in [-0.4, -0.2) is 53.6 Å². The minimum atomic E-state index is -0.932. The number of carboxylic acid groups (broad SMARTS) is 1. The molecule has 0 aliphatic carbocycles. The highest BCUT2D eigenvalue weighted by Gasteiger charge is 2.43. The summed E-state index contributed by atoms with van der Waals surface area (Å²) < 4.78 is 0. The molecule has 0 aromatic carbocycles. The van der Waals surface area contributed by atoms with Crippen molar-refractivity contribution in [3.8, 4) is 0 Å². The summed E-state index contributed by atoms with van der Waals surface area (Å²) in [5.41, 5.74) is 5.53. The van der Waals surface area contributed by atoms with Crippen LogP contribution in [0.15, 0.2) is 0 Å². The van der Waals surface area contributed by atoms with E-state index in [1.165, 1.54) is 0 Å². The zero-order valence-corrected chi connectivity index (χ0v) is 7.93. The maximum absolute atomic E-state index is 11.4. The van der Waals surface area contributed by atoms with Gasteiger partial charge in [-0.2, -0.15) is 0 Å². The van der Waals surface area contributed by atoms with Crippen LogP contribution in [0.2, 0.25) is 0 Å². The quantitative estimate of drug-likeness (QED) is 0.325. The van der Waals surface area contributed by atoms with E-state index < -0.39 is 18.3 Å². The molecule has 0 aromatic heterocycles. The van der Waals surface area contributed by atoms with Gasteiger partial charge in [-0.1, -0.05) is 0 Å². The van der Waals surface area contributed by atoms with Gasteiger partial charge in [0.05, 0.1) is 19.4 Å². The number of carbonyl (C=O) groups excluding carboxylic acids is 1. The predicted molar refractivity (Wildman–Crippen MR) is 49.2 cm³/mol. The summed E-state index contributed by atoms with van der Waals surface area (Å²) in [6, 6.07) is -0.441. The van der Waals surface area contributed by atoms with Crippen molar-refractivity contribution in [2.75, 3.05) is 13.2 Å². The fraction of sp³-hybridized carbons (Fsp3) is 0.714. The summed E-state index contributed by atoms with van der Waals surface area (Å²) >= 11 is 0. The fourth-order valence-electron chi connectivity index (χ4n) is 1.87. The van der Waals surface area contributed by atoms with E-state index in [1.807, 2.05) is 0 Å². The minimum Gasteiger partial charge on any atom is -0.480 e. The van der Waals surface area contributed by atoms with Crippen molar-refractivity contribution in [2.24, 2.45) is 5.73 Å². The summed E-state index contributed by atoms with van der Waals surface area (Å²) in [5, 5.41) is 17.0. The molecule has 2 rings (SSSR count). The Morgan fingerprint density at radius 1 is 1.67 bits per heavy atom. The van der Waals surface area contributed by atoms with Crippen LogP contribution < -0.4 is 21.7 Å². The minimum absolute atomic E-state index is 0.124. The predicted octanol–water partition coefficient (Wildman–Crippen LogP) is -3.41. The molecule has 8 heteroatoms. The first-order chi connectivity index (χ1) is 7.08. The molecule has 2 heterocycles. The Balaban J connectivity index is 2.07. The standard InChI is InChI=1S/C7H13N5O3/c8-7-10-5-4(6(15)11-7)9-2-12(5)1-3(13)14/h4-5,7,9-10H,1-2,8H2,(H,11,15)(H,13,14). The highest BCUT2D eigenvalue weighted by molar-refractivity contribution is 5.84. The second-order valence-electron chi connectivity index (χ2n) is 3.58. The number of hydrogen-bond donors (Lipinski definition) is 5. The van der Waals surface area contributed by atoms with Crippen molar-refractivity contribution in [3.05, 3.63) is 0 Å². The normalized spacial score (nSPS) is 36.1. The summed E-state index contributed by atoms with van der Waals surface area (Å²) in [6.07, 6.45) is -0.986. The van der Waals surface area contributed by atoms with Crippen LogP contribution in [0.1, 0.15) is 0 Å². The summed E-state index contributed by atoms with van der Waals surface area (Å²) in [6.45, 7) is 0.232. The molecule has 0 aromatic rings. The van der Waals surface area contributed by atoms with Crippen LogP contribution in [0.25, 0.3) is 0 Å². The molecule has 8 nitrogen and oxygen atoms in total. The van der Waals surface area contributed by atoms with Crippen molar-refractivity contribution >= 4 is 11.9 Å². The van der Waals surface area contributed by atoms with Crippen LogP contribution >= 0.6 is 0 Å². The molecule has 3 atom stereocenters. The molecule has 0 spiro atoms. The Morgan fingerprint density at radius 2 is 2.40 bits per heavy atom. The first kappa shape index (κ1) is 10.3. The molecular weight excluding hydrogens is 202 g/mol. The first-order valence-electron chi connectivity index (χ1n) is 4.59. The van der Waals surface area contributed by atoms with Crippen LogP contribution in [-0.2, 0) is 9.59 Å². The molecule has 84 valence electrons. The number of nitrogens with two attached hydrogens (primary N) is 1. The van der Waals surface area contributed by atoms with Crippen LogP contribution in [0.3, 0.4) is 0 Å². The number of hydrogen-bond acceptors (Lipinski definition) is 6. The lowest BCUT2D eigenvalue weighted by molar-refractivity contribution is -0.139. The molecule has 1 amide bonds. The molecular formula is C7H13N5O3. The van der Waals surface area contributed by atoms with Gasteiger partial charge in [0.1, 0.15) is 12.3 Å². The summed E-state index contributed by atoms with van der Waals surface area (Å²) in [7, 11) is 0. The molecule has 0 radical (unpaired) electrons. The molecule has 2 aliphatic heterocycles. The van der Waals surface area contributed by atoms with Gasteiger partial charge in [0.2, 0.25) is 5.91 Å². The van der Waals surface area contributed by atoms with E-state index in [2.05, 4.69) is 16.0 Å². The lowest BCUT2D eigenvalue weighted by atomic mass is 10.2. The van der Waals surface area contributed by atoms with Gasteiger partial charge in [0, 0.05) is 0 Å². The number of fused-ring (bicyclic) bond motifs is 1. The topological polar surface area (TPSA) is 120 Å². The van der Waals surface area contributed by atoms with Gasteiger partial charge in [-0.15, -0.1) is 0 Å². The molecule has 2 saturated heterocycles. The first-order valence-corrected chi connectivity index (χ1v) is 4.59. The Labute approximate surface area is 85.8 Å². The molecule has 2 aliphatic rings. The number of amides is 1. The molecule has 0 bridgehead atoms.